The third-order valence-corrected chi connectivity index (χ3v) is 2.44. The molecule has 0 bridgehead atoms. The highest BCUT2D eigenvalue weighted by Crippen LogP contribution is 2.25. The van der Waals surface area contributed by atoms with Gasteiger partial charge in [-0.15, -0.1) is 16.1 Å². The summed E-state index contributed by atoms with van der Waals surface area (Å²) < 4.78 is 0. The predicted molar refractivity (Wildman–Crippen MR) is 66.5 cm³/mol. The minimum Gasteiger partial charge on any atom is -0.357 e. The van der Waals surface area contributed by atoms with Gasteiger partial charge in [0.2, 0.25) is 0 Å². The smallest absolute Gasteiger partial charge is 0.159 e. The predicted octanol–water partition coefficient (Wildman–Crippen LogP) is 2.72. The van der Waals surface area contributed by atoms with Crippen LogP contribution in [0.3, 0.4) is 0 Å². The summed E-state index contributed by atoms with van der Waals surface area (Å²) in [5, 5.41) is 13.3. The van der Waals surface area contributed by atoms with Gasteiger partial charge in [0.15, 0.2) is 11.0 Å². The Morgan fingerprint density at radius 1 is 1.25 bits per heavy atom. The van der Waals surface area contributed by atoms with E-state index in [1.54, 1.807) is 6.92 Å². The lowest BCUT2D eigenvalue weighted by Gasteiger charge is -2.05. The van der Waals surface area contributed by atoms with E-state index in [0.29, 0.717) is 17.5 Å². The first-order valence-electron chi connectivity index (χ1n) is 4.87. The zero-order valence-electron chi connectivity index (χ0n) is 8.79. The molecular weight excluding hydrogens is 222 g/mol. The highest BCUT2D eigenvalue weighted by atomic mass is 35.5. The Hall–Kier alpha value is -1.79. The molecule has 0 aliphatic heterocycles. The fourth-order valence-electron chi connectivity index (χ4n) is 1.42. The van der Waals surface area contributed by atoms with Crippen LogP contribution in [0.4, 0.5) is 5.82 Å². The van der Waals surface area contributed by atoms with E-state index in [1.807, 2.05) is 24.3 Å². The van der Waals surface area contributed by atoms with Crippen LogP contribution in [0, 0.1) is 11.8 Å². The van der Waals surface area contributed by atoms with Crippen molar-refractivity contribution in [3.63, 3.8) is 0 Å². The van der Waals surface area contributed by atoms with Gasteiger partial charge in [-0.1, -0.05) is 41.8 Å². The highest BCUT2D eigenvalue weighted by molar-refractivity contribution is 6.34. The molecule has 3 nitrogen and oxygen atoms in total. The second-order valence-electron chi connectivity index (χ2n) is 3.17. The van der Waals surface area contributed by atoms with Crippen LogP contribution in [-0.4, -0.2) is 16.7 Å². The summed E-state index contributed by atoms with van der Waals surface area (Å²) in [6, 6.07) is 7.74. The first kappa shape index (κ1) is 10.7. The lowest BCUT2D eigenvalue weighted by molar-refractivity contribution is 1.04. The first-order chi connectivity index (χ1) is 7.83. The van der Waals surface area contributed by atoms with Gasteiger partial charge >= 0.3 is 0 Å². The van der Waals surface area contributed by atoms with Crippen LogP contribution >= 0.6 is 11.6 Å². The third-order valence-electron chi connectivity index (χ3n) is 2.16. The van der Waals surface area contributed by atoms with Crippen LogP contribution < -0.4 is 5.32 Å². The molecule has 80 valence electrons. The lowest BCUT2D eigenvalue weighted by Crippen LogP contribution is -2.03. The van der Waals surface area contributed by atoms with Crippen molar-refractivity contribution < 1.29 is 0 Å². The van der Waals surface area contributed by atoms with Crippen molar-refractivity contribution >= 4 is 28.2 Å². The molecule has 0 atom stereocenters. The topological polar surface area (TPSA) is 37.8 Å². The van der Waals surface area contributed by atoms with Crippen LogP contribution in [-0.2, 0) is 0 Å². The number of hydrogen-bond donors (Lipinski definition) is 1. The molecule has 0 saturated heterocycles. The SMILES string of the molecule is CC#CCNc1nnc(Cl)c2ccccc12. The van der Waals surface area contributed by atoms with E-state index in [9.17, 15) is 0 Å². The minimum absolute atomic E-state index is 0.419. The molecule has 1 heterocycles. The van der Waals surface area contributed by atoms with Crippen molar-refractivity contribution in [2.75, 3.05) is 11.9 Å². The maximum absolute atomic E-state index is 5.96. The Morgan fingerprint density at radius 2 is 2.00 bits per heavy atom. The van der Waals surface area contributed by atoms with Gasteiger partial charge in [-0.2, -0.15) is 0 Å². The molecule has 0 spiro atoms. The lowest BCUT2D eigenvalue weighted by atomic mass is 10.2. The number of anilines is 1. The molecule has 0 saturated carbocycles. The third kappa shape index (κ3) is 2.07. The molecule has 1 aromatic heterocycles. The molecule has 0 amide bonds. The van der Waals surface area contributed by atoms with Gasteiger partial charge in [-0.25, -0.2) is 0 Å². The minimum atomic E-state index is 0.419. The molecule has 2 aromatic rings. The Morgan fingerprint density at radius 3 is 2.75 bits per heavy atom. The number of rotatable bonds is 2. The fraction of sp³-hybridized carbons (Fsp3) is 0.167. The van der Waals surface area contributed by atoms with Gasteiger partial charge in [0, 0.05) is 10.8 Å². The second kappa shape index (κ2) is 4.82. The zero-order chi connectivity index (χ0) is 11.4. The second-order valence-corrected chi connectivity index (χ2v) is 3.52. The number of fused-ring (bicyclic) bond motifs is 1. The van der Waals surface area contributed by atoms with Gasteiger partial charge in [0.1, 0.15) is 0 Å². The van der Waals surface area contributed by atoms with Crippen LogP contribution in [0.15, 0.2) is 24.3 Å². The summed E-state index contributed by atoms with van der Waals surface area (Å²) in [5.41, 5.74) is 0. The van der Waals surface area contributed by atoms with E-state index in [4.69, 9.17) is 11.6 Å². The maximum atomic E-state index is 5.96. The molecule has 16 heavy (non-hydrogen) atoms. The van der Waals surface area contributed by atoms with Gasteiger partial charge in [-0.05, 0) is 6.92 Å². The molecule has 0 fully saturated rings. The van der Waals surface area contributed by atoms with E-state index in [2.05, 4.69) is 27.4 Å². The standard InChI is InChI=1S/C12H10ClN3/c1-2-3-8-14-12-10-7-5-4-6-9(10)11(13)15-16-12/h4-7H,8H2,1H3,(H,14,16). The van der Waals surface area contributed by atoms with E-state index in [0.717, 1.165) is 10.8 Å². The molecule has 4 heteroatoms. The van der Waals surface area contributed by atoms with Crippen molar-refractivity contribution in [2.24, 2.45) is 0 Å². The highest BCUT2D eigenvalue weighted by Gasteiger charge is 2.05. The summed E-state index contributed by atoms with van der Waals surface area (Å²) in [6.07, 6.45) is 0. The van der Waals surface area contributed by atoms with Gasteiger partial charge in [0.25, 0.3) is 0 Å². The van der Waals surface area contributed by atoms with Gasteiger partial charge in [0.05, 0.1) is 6.54 Å². The summed E-state index contributed by atoms with van der Waals surface area (Å²) in [4.78, 5) is 0. The number of nitrogens with zero attached hydrogens (tertiary/aromatic N) is 2. The van der Waals surface area contributed by atoms with Crippen molar-refractivity contribution in [2.45, 2.75) is 6.92 Å². The van der Waals surface area contributed by atoms with Crippen LogP contribution in [0.25, 0.3) is 10.8 Å². The van der Waals surface area contributed by atoms with E-state index < -0.39 is 0 Å². The average molecular weight is 232 g/mol. The van der Waals surface area contributed by atoms with Crippen LogP contribution in [0.1, 0.15) is 6.92 Å². The van der Waals surface area contributed by atoms with Crippen molar-refractivity contribution in [1.82, 2.24) is 10.2 Å². The van der Waals surface area contributed by atoms with Gasteiger partial charge in [-0.3, -0.25) is 0 Å². The summed E-state index contributed by atoms with van der Waals surface area (Å²) in [7, 11) is 0. The van der Waals surface area contributed by atoms with Gasteiger partial charge < -0.3 is 5.32 Å². The number of halogens is 1. The Kier molecular flexibility index (Phi) is 3.23. The Labute approximate surface area is 98.8 Å². The van der Waals surface area contributed by atoms with E-state index >= 15 is 0 Å². The number of hydrogen-bond acceptors (Lipinski definition) is 3. The van der Waals surface area contributed by atoms with E-state index in [-0.39, 0.29) is 0 Å². The average Bonchev–Trinajstić information content (AvgIpc) is 2.33. The number of nitrogens with one attached hydrogen (secondary N) is 1. The molecule has 2 rings (SSSR count). The number of aromatic nitrogens is 2. The summed E-state index contributed by atoms with van der Waals surface area (Å²) >= 11 is 5.96. The van der Waals surface area contributed by atoms with Crippen molar-refractivity contribution in [3.05, 3.63) is 29.4 Å². The maximum Gasteiger partial charge on any atom is 0.159 e. The molecule has 0 aliphatic rings. The molecule has 0 unspecified atom stereocenters. The molecular formula is C12H10ClN3. The van der Waals surface area contributed by atoms with E-state index in [1.165, 1.54) is 0 Å². The zero-order valence-corrected chi connectivity index (χ0v) is 9.54. The van der Waals surface area contributed by atoms with Crippen LogP contribution in [0.2, 0.25) is 5.15 Å². The molecule has 1 N–H and O–H groups in total. The first-order valence-corrected chi connectivity index (χ1v) is 5.25. The molecule has 0 radical (unpaired) electrons. The normalized spacial score (nSPS) is 9.62. The molecule has 1 aromatic carbocycles. The monoisotopic (exact) mass is 231 g/mol. The number of benzene rings is 1. The summed E-state index contributed by atoms with van der Waals surface area (Å²) in [6.45, 7) is 2.35. The largest absolute Gasteiger partial charge is 0.357 e. The molecule has 0 aliphatic carbocycles. The van der Waals surface area contributed by atoms with Crippen molar-refractivity contribution in [1.29, 1.82) is 0 Å². The van der Waals surface area contributed by atoms with Crippen molar-refractivity contribution in [3.8, 4) is 11.8 Å². The van der Waals surface area contributed by atoms with Crippen LogP contribution in [0.5, 0.6) is 0 Å². The summed E-state index contributed by atoms with van der Waals surface area (Å²) in [5.74, 6) is 6.44. The fourth-order valence-corrected chi connectivity index (χ4v) is 1.62. The quantitative estimate of drug-likeness (QED) is 0.808. The Bertz CT molecular complexity index is 569. The Balaban J connectivity index is 2.44.